The fourth-order valence-corrected chi connectivity index (χ4v) is 2.34. The van der Waals surface area contributed by atoms with Crippen molar-refractivity contribution in [1.29, 1.82) is 0 Å². The monoisotopic (exact) mass is 378 g/mol. The van der Waals surface area contributed by atoms with Gasteiger partial charge in [0, 0.05) is 21.7 Å². The fourth-order valence-electron chi connectivity index (χ4n) is 2.07. The normalized spacial score (nSPS) is 12.2. The van der Waals surface area contributed by atoms with Crippen LogP contribution in [0, 0.1) is 5.41 Å². The molecule has 0 aromatic heterocycles. The van der Waals surface area contributed by atoms with Gasteiger partial charge in [-0.05, 0) is 32.6 Å². The third kappa shape index (κ3) is 7.18. The summed E-state index contributed by atoms with van der Waals surface area (Å²) in [6, 6.07) is 13.2. The summed E-state index contributed by atoms with van der Waals surface area (Å²) in [7, 11) is 3.65. The minimum absolute atomic E-state index is 0. The first-order valence-electron chi connectivity index (χ1n) is 8.23. The second-order valence-electron chi connectivity index (χ2n) is 8.95. The number of hydrogen-bond acceptors (Lipinski definition) is 1. The average molecular weight is 378 g/mol. The number of hydrogen-bond donors (Lipinski definition) is 0. The van der Waals surface area contributed by atoms with Crippen molar-refractivity contribution >= 4 is 20.3 Å². The van der Waals surface area contributed by atoms with Crippen molar-refractivity contribution in [3.05, 3.63) is 42.0 Å². The largest absolute Gasteiger partial charge is 0.666 e. The topological polar surface area (TPSA) is 17.1 Å². The van der Waals surface area contributed by atoms with Crippen LogP contribution in [0.4, 0.5) is 0 Å². The second-order valence-corrected chi connectivity index (χ2v) is 10.2. The Hall–Kier alpha value is -0.479. The first-order chi connectivity index (χ1) is 10.4. The molecule has 0 aliphatic rings. The van der Waals surface area contributed by atoms with Crippen molar-refractivity contribution in [2.45, 2.75) is 53.5 Å². The Kier molecular flexibility index (Phi) is 8.58. The molecule has 2 nitrogen and oxygen atoms in total. The molecule has 0 heterocycles. The molecule has 1 radical (unpaired) electrons. The van der Waals surface area contributed by atoms with Gasteiger partial charge >= 0.3 is 9.57 Å². The standard InChI is InChI=1S/C14H17.C6H15NOSi.Ti/c1-14(2,3)10-11-8-12-6-4-5-7-13(12)9-11;1-6(2,3)7(4,5)9-8;/h4-9H,10H2,1-3H3;1-5H3;/q-1;+1;. The van der Waals surface area contributed by atoms with E-state index in [1.807, 2.05) is 14.1 Å². The third-order valence-corrected chi connectivity index (χ3v) is 5.44. The molecule has 2 aromatic carbocycles. The smallest absolute Gasteiger partial charge is 0.322 e. The Labute approximate surface area is 165 Å². The maximum Gasteiger partial charge on any atom is 0.666 e. The van der Waals surface area contributed by atoms with Crippen molar-refractivity contribution in [1.82, 2.24) is 0 Å². The molecule has 2 aromatic rings. The first kappa shape index (κ1) is 23.5. The van der Waals surface area contributed by atoms with Gasteiger partial charge in [0.2, 0.25) is 0 Å². The zero-order chi connectivity index (χ0) is 17.9. The van der Waals surface area contributed by atoms with Crippen molar-refractivity contribution < 1.29 is 30.3 Å². The minimum atomic E-state index is -0.277. The molecule has 0 aliphatic carbocycles. The van der Waals surface area contributed by atoms with Crippen LogP contribution in [0.3, 0.4) is 0 Å². The SMILES string of the molecule is CC(C)(C)Cc1cc2ccccc2[cH-]1.CC(C)(C)[N+](C)(C)[Si]=O.[Ti]. The summed E-state index contributed by atoms with van der Waals surface area (Å²) in [5, 5.41) is 2.73. The predicted octanol–water partition coefficient (Wildman–Crippen LogP) is 4.97. The van der Waals surface area contributed by atoms with Crippen LogP contribution < -0.4 is 0 Å². The summed E-state index contributed by atoms with van der Waals surface area (Å²) in [6.45, 7) is 13.1. The molecular weight excluding hydrogens is 346 g/mol. The summed E-state index contributed by atoms with van der Waals surface area (Å²) >= 11 is 0. The van der Waals surface area contributed by atoms with E-state index in [0.717, 1.165) is 6.42 Å². The van der Waals surface area contributed by atoms with Crippen molar-refractivity contribution in [3.63, 3.8) is 0 Å². The summed E-state index contributed by atoms with van der Waals surface area (Å²) in [6.07, 6.45) is 1.15. The van der Waals surface area contributed by atoms with Gasteiger partial charge in [-0.2, -0.15) is 6.07 Å². The Morgan fingerprint density at radius 1 is 1.04 bits per heavy atom. The van der Waals surface area contributed by atoms with Crippen LogP contribution in [0.5, 0.6) is 0 Å². The first-order valence-corrected chi connectivity index (χ1v) is 9.09. The van der Waals surface area contributed by atoms with Crippen LogP contribution in [-0.2, 0) is 32.6 Å². The molecule has 0 aliphatic heterocycles. The Bertz CT molecular complexity index is 614. The number of quaternary nitrogens is 1. The summed E-state index contributed by atoms with van der Waals surface area (Å²) in [5.74, 6) is 0. The predicted molar refractivity (Wildman–Crippen MR) is 101 cm³/mol. The van der Waals surface area contributed by atoms with Crippen LogP contribution in [0.1, 0.15) is 47.1 Å². The zero-order valence-electron chi connectivity index (χ0n) is 16.5. The molecule has 24 heavy (non-hydrogen) atoms. The third-order valence-electron chi connectivity index (χ3n) is 4.32. The van der Waals surface area contributed by atoms with Crippen molar-refractivity contribution in [2.24, 2.45) is 5.41 Å². The number of fused-ring (bicyclic) bond motifs is 1. The second kappa shape index (κ2) is 8.75. The van der Waals surface area contributed by atoms with Gasteiger partial charge in [0.25, 0.3) is 0 Å². The van der Waals surface area contributed by atoms with Crippen LogP contribution >= 0.6 is 0 Å². The molecule has 0 saturated heterocycles. The molecule has 0 saturated carbocycles. The number of rotatable bonds is 2. The summed E-state index contributed by atoms with van der Waals surface area (Å²) < 4.78 is 11.2. The maximum atomic E-state index is 10.6. The van der Waals surface area contributed by atoms with Crippen LogP contribution in [-0.4, -0.2) is 33.4 Å². The molecule has 0 atom stereocenters. The van der Waals surface area contributed by atoms with Gasteiger partial charge in [0.15, 0.2) is 0 Å². The average Bonchev–Trinajstić information content (AvgIpc) is 2.77. The number of benzene rings is 1. The maximum absolute atomic E-state index is 10.6. The molecule has 131 valence electrons. The zero-order valence-corrected chi connectivity index (χ0v) is 19.1. The van der Waals surface area contributed by atoms with Gasteiger partial charge in [-0.3, -0.25) is 4.46 Å². The van der Waals surface area contributed by atoms with Crippen LogP contribution in [0.25, 0.3) is 10.8 Å². The van der Waals surface area contributed by atoms with E-state index in [4.69, 9.17) is 0 Å². The van der Waals surface area contributed by atoms with E-state index in [0.29, 0.717) is 9.56 Å². The molecule has 2 rings (SSSR count). The van der Waals surface area contributed by atoms with Gasteiger partial charge in [0.05, 0.1) is 19.6 Å². The molecular formula is C20H32NOSiTi. The van der Waals surface area contributed by atoms with Gasteiger partial charge < -0.3 is 4.15 Å². The molecule has 0 fully saturated rings. The molecule has 4 heteroatoms. The quantitative estimate of drug-likeness (QED) is 0.533. The van der Waals surface area contributed by atoms with E-state index in [9.17, 15) is 4.46 Å². The number of nitrogens with zero attached hydrogens (tertiary/aromatic N) is 1. The van der Waals surface area contributed by atoms with Gasteiger partial charge in [-0.25, -0.2) is 0 Å². The molecule has 0 N–H and O–H groups in total. The fraction of sp³-hybridized carbons (Fsp3) is 0.550. The van der Waals surface area contributed by atoms with E-state index in [-0.39, 0.29) is 36.8 Å². The van der Waals surface area contributed by atoms with E-state index in [2.05, 4.69) is 77.9 Å². The summed E-state index contributed by atoms with van der Waals surface area (Å²) in [5.41, 5.74) is 1.92. The van der Waals surface area contributed by atoms with Gasteiger partial charge in [-0.15, -0.1) is 40.6 Å². The van der Waals surface area contributed by atoms with E-state index < -0.39 is 0 Å². The molecule has 0 amide bonds. The Balaban J connectivity index is 0.000000468. The summed E-state index contributed by atoms with van der Waals surface area (Å²) in [4.78, 5) is 0. The van der Waals surface area contributed by atoms with Crippen molar-refractivity contribution in [2.75, 3.05) is 14.1 Å². The Morgan fingerprint density at radius 2 is 1.58 bits per heavy atom. The molecule has 0 spiro atoms. The molecule has 0 bridgehead atoms. The van der Waals surface area contributed by atoms with Gasteiger partial charge in [-0.1, -0.05) is 26.8 Å². The minimum Gasteiger partial charge on any atom is -0.322 e. The van der Waals surface area contributed by atoms with Crippen LogP contribution in [0.15, 0.2) is 36.4 Å². The van der Waals surface area contributed by atoms with E-state index in [1.54, 1.807) is 0 Å². The van der Waals surface area contributed by atoms with Crippen LogP contribution in [0.2, 0.25) is 0 Å². The Morgan fingerprint density at radius 3 is 1.96 bits per heavy atom. The van der Waals surface area contributed by atoms with E-state index >= 15 is 0 Å². The van der Waals surface area contributed by atoms with Gasteiger partial charge in [0.1, 0.15) is 0 Å². The molecule has 0 unspecified atom stereocenters. The van der Waals surface area contributed by atoms with E-state index in [1.165, 1.54) is 16.3 Å². The van der Waals surface area contributed by atoms with Crippen molar-refractivity contribution in [3.8, 4) is 0 Å².